The summed E-state index contributed by atoms with van der Waals surface area (Å²) < 4.78 is 2.20. The fourth-order valence-electron chi connectivity index (χ4n) is 6.04. The molecule has 166 valence electrons. The van der Waals surface area contributed by atoms with E-state index in [0.717, 1.165) is 24.7 Å². The lowest BCUT2D eigenvalue weighted by atomic mass is 9.74. The van der Waals surface area contributed by atoms with E-state index in [1.165, 1.54) is 62.9 Å². The Labute approximate surface area is 191 Å². The summed E-state index contributed by atoms with van der Waals surface area (Å²) in [5.41, 5.74) is 3.85. The van der Waals surface area contributed by atoms with Crippen molar-refractivity contribution in [1.82, 2.24) is 20.0 Å². The van der Waals surface area contributed by atoms with Crippen molar-refractivity contribution in [3.63, 3.8) is 0 Å². The number of piperidine rings is 3. The minimum Gasteiger partial charge on any atom is -0.361 e. The SMILES string of the molecule is Cn1nc(C2CCCCC2)cc1[C@H]1CN2CC[C@H]1C[C@@H]2CNC(=S)Nc1ccccc1. The number of para-hydroxylation sites is 1. The highest BCUT2D eigenvalue weighted by Crippen LogP contribution is 2.42. The van der Waals surface area contributed by atoms with Crippen LogP contribution < -0.4 is 10.6 Å². The number of anilines is 1. The summed E-state index contributed by atoms with van der Waals surface area (Å²) in [7, 11) is 2.16. The van der Waals surface area contributed by atoms with Crippen LogP contribution in [0.1, 0.15) is 68.2 Å². The van der Waals surface area contributed by atoms with Crippen LogP contribution in [0.2, 0.25) is 0 Å². The number of rotatable bonds is 5. The first-order valence-corrected chi connectivity index (χ1v) is 12.5. The molecule has 6 heteroatoms. The van der Waals surface area contributed by atoms with Crippen LogP contribution in [0.4, 0.5) is 5.69 Å². The molecule has 1 aromatic carbocycles. The number of nitrogens with zero attached hydrogens (tertiary/aromatic N) is 3. The minimum atomic E-state index is 0.566. The number of aromatic nitrogens is 2. The van der Waals surface area contributed by atoms with Gasteiger partial charge in [-0.25, -0.2) is 0 Å². The van der Waals surface area contributed by atoms with E-state index in [-0.39, 0.29) is 0 Å². The lowest BCUT2D eigenvalue weighted by molar-refractivity contribution is 0.0303. The molecule has 2 aromatic rings. The Bertz CT molecular complexity index is 889. The van der Waals surface area contributed by atoms with E-state index in [1.54, 1.807) is 0 Å². The van der Waals surface area contributed by atoms with E-state index in [4.69, 9.17) is 17.3 Å². The molecule has 1 aliphatic carbocycles. The average Bonchev–Trinajstić information content (AvgIpc) is 3.21. The number of aryl methyl sites for hydroxylation is 1. The summed E-state index contributed by atoms with van der Waals surface area (Å²) in [5.74, 6) is 2.06. The molecule has 4 heterocycles. The van der Waals surface area contributed by atoms with E-state index < -0.39 is 0 Å². The summed E-state index contributed by atoms with van der Waals surface area (Å²) in [6, 6.07) is 13.2. The van der Waals surface area contributed by atoms with Crippen molar-refractivity contribution >= 4 is 23.0 Å². The average molecular weight is 438 g/mol. The van der Waals surface area contributed by atoms with Gasteiger partial charge < -0.3 is 10.6 Å². The van der Waals surface area contributed by atoms with Gasteiger partial charge in [0.1, 0.15) is 0 Å². The van der Waals surface area contributed by atoms with Crippen molar-refractivity contribution in [2.24, 2.45) is 13.0 Å². The highest BCUT2D eigenvalue weighted by atomic mass is 32.1. The Hall–Kier alpha value is -1.92. The molecular weight excluding hydrogens is 402 g/mol. The fourth-order valence-corrected chi connectivity index (χ4v) is 6.24. The van der Waals surface area contributed by atoms with Gasteiger partial charge in [-0.15, -0.1) is 0 Å². The number of hydrogen-bond donors (Lipinski definition) is 2. The second-order valence-electron chi connectivity index (χ2n) is 9.69. The third kappa shape index (κ3) is 4.65. The van der Waals surface area contributed by atoms with Crippen molar-refractivity contribution in [3.05, 3.63) is 47.8 Å². The third-order valence-electron chi connectivity index (χ3n) is 7.75. The van der Waals surface area contributed by atoms with Gasteiger partial charge in [0.2, 0.25) is 0 Å². The molecule has 0 amide bonds. The van der Waals surface area contributed by atoms with Crippen LogP contribution in [0.15, 0.2) is 36.4 Å². The van der Waals surface area contributed by atoms with Crippen LogP contribution in [0.3, 0.4) is 0 Å². The molecule has 1 aromatic heterocycles. The molecule has 2 bridgehead atoms. The van der Waals surface area contributed by atoms with Crippen LogP contribution in [-0.4, -0.2) is 45.5 Å². The lowest BCUT2D eigenvalue weighted by Crippen LogP contribution is -2.56. The normalized spacial score (nSPS) is 28.4. The Morgan fingerprint density at radius 1 is 1.13 bits per heavy atom. The predicted molar refractivity (Wildman–Crippen MR) is 131 cm³/mol. The number of fused-ring (bicyclic) bond motifs is 3. The molecule has 0 spiro atoms. The fraction of sp³-hybridized carbons (Fsp3) is 0.600. The molecule has 2 N–H and O–H groups in total. The highest BCUT2D eigenvalue weighted by Gasteiger charge is 2.42. The predicted octanol–water partition coefficient (Wildman–Crippen LogP) is 4.63. The van der Waals surface area contributed by atoms with E-state index in [9.17, 15) is 0 Å². The Kier molecular flexibility index (Phi) is 6.28. The summed E-state index contributed by atoms with van der Waals surface area (Å²) in [6.45, 7) is 3.28. The second-order valence-corrected chi connectivity index (χ2v) is 10.1. The third-order valence-corrected chi connectivity index (χ3v) is 7.99. The minimum absolute atomic E-state index is 0.566. The van der Waals surface area contributed by atoms with Crippen molar-refractivity contribution in [2.45, 2.75) is 62.8 Å². The number of nitrogens with one attached hydrogen (secondary N) is 2. The van der Waals surface area contributed by atoms with E-state index >= 15 is 0 Å². The van der Waals surface area contributed by atoms with Crippen LogP contribution in [0.25, 0.3) is 0 Å². The van der Waals surface area contributed by atoms with Crippen LogP contribution in [0, 0.1) is 5.92 Å². The molecule has 1 unspecified atom stereocenters. The van der Waals surface area contributed by atoms with Crippen molar-refractivity contribution in [1.29, 1.82) is 0 Å². The molecule has 3 saturated heterocycles. The first-order chi connectivity index (χ1) is 15.2. The molecule has 4 atom stereocenters. The first-order valence-electron chi connectivity index (χ1n) is 12.0. The molecular formula is C25H35N5S. The van der Waals surface area contributed by atoms with Crippen LogP contribution in [0.5, 0.6) is 0 Å². The van der Waals surface area contributed by atoms with Crippen LogP contribution >= 0.6 is 12.2 Å². The lowest BCUT2D eigenvalue weighted by Gasteiger charge is -2.50. The number of thiocarbonyl (C=S) groups is 1. The van der Waals surface area contributed by atoms with Crippen molar-refractivity contribution in [3.8, 4) is 0 Å². The molecule has 4 aliphatic rings. The Balaban J connectivity index is 1.18. The Morgan fingerprint density at radius 2 is 1.94 bits per heavy atom. The zero-order valence-electron chi connectivity index (χ0n) is 18.6. The molecule has 6 rings (SSSR count). The van der Waals surface area contributed by atoms with Gasteiger partial charge in [0.15, 0.2) is 5.11 Å². The van der Waals surface area contributed by atoms with Gasteiger partial charge in [-0.2, -0.15) is 5.10 Å². The zero-order chi connectivity index (χ0) is 21.2. The maximum Gasteiger partial charge on any atom is 0.170 e. The Morgan fingerprint density at radius 3 is 2.68 bits per heavy atom. The second kappa shape index (κ2) is 9.29. The number of benzene rings is 1. The zero-order valence-corrected chi connectivity index (χ0v) is 19.4. The smallest absolute Gasteiger partial charge is 0.170 e. The van der Waals surface area contributed by atoms with Gasteiger partial charge in [0.25, 0.3) is 0 Å². The van der Waals surface area contributed by atoms with Gasteiger partial charge in [-0.05, 0) is 68.6 Å². The monoisotopic (exact) mass is 437 g/mol. The molecule has 0 radical (unpaired) electrons. The maximum atomic E-state index is 5.52. The highest BCUT2D eigenvalue weighted by molar-refractivity contribution is 7.80. The summed E-state index contributed by atoms with van der Waals surface area (Å²) in [6.07, 6.45) is 9.32. The quantitative estimate of drug-likeness (QED) is 0.668. The van der Waals surface area contributed by atoms with E-state index in [0.29, 0.717) is 23.0 Å². The van der Waals surface area contributed by atoms with Gasteiger partial charge in [0, 0.05) is 49.4 Å². The maximum absolute atomic E-state index is 5.52. The molecule has 4 fully saturated rings. The summed E-state index contributed by atoms with van der Waals surface area (Å²) in [5, 5.41) is 12.4. The topological polar surface area (TPSA) is 45.1 Å². The van der Waals surface area contributed by atoms with Crippen LogP contribution in [-0.2, 0) is 7.05 Å². The molecule has 1 saturated carbocycles. The number of hydrogen-bond acceptors (Lipinski definition) is 3. The summed E-state index contributed by atoms with van der Waals surface area (Å²) >= 11 is 5.52. The van der Waals surface area contributed by atoms with Crippen molar-refractivity contribution < 1.29 is 0 Å². The van der Waals surface area contributed by atoms with Gasteiger partial charge in [-0.3, -0.25) is 9.58 Å². The molecule has 3 aliphatic heterocycles. The molecule has 5 nitrogen and oxygen atoms in total. The van der Waals surface area contributed by atoms with Gasteiger partial charge in [0.05, 0.1) is 5.69 Å². The molecule has 31 heavy (non-hydrogen) atoms. The van der Waals surface area contributed by atoms with Gasteiger partial charge >= 0.3 is 0 Å². The van der Waals surface area contributed by atoms with E-state index in [1.807, 2.05) is 30.3 Å². The standard InChI is InChI=1S/C25H35N5S/c1-29-24(15-23(28-29)18-8-4-2-5-9-18)22-17-30-13-12-19(22)14-21(30)16-26-25(31)27-20-10-6-3-7-11-20/h3,6-7,10-11,15,18-19,21-22H,2,4-5,8-9,12-14,16-17H2,1H3,(H2,26,27,31)/t19-,21+,22-/m0/s1. The first kappa shape index (κ1) is 21.0. The largest absolute Gasteiger partial charge is 0.361 e. The van der Waals surface area contributed by atoms with Gasteiger partial charge in [-0.1, -0.05) is 37.5 Å². The summed E-state index contributed by atoms with van der Waals surface area (Å²) in [4.78, 5) is 2.68. The van der Waals surface area contributed by atoms with Crippen molar-refractivity contribution in [2.75, 3.05) is 25.0 Å². The van der Waals surface area contributed by atoms with E-state index in [2.05, 4.69) is 33.3 Å².